The Morgan fingerprint density at radius 2 is 2.26 bits per heavy atom. The van der Waals surface area contributed by atoms with Crippen molar-refractivity contribution in [3.63, 3.8) is 0 Å². The molecular formula is C10H12NNaO5S2. The van der Waals surface area contributed by atoms with Crippen LogP contribution in [0, 0.1) is 5.92 Å². The maximum Gasteiger partial charge on any atom is 1.00 e. The number of β-lactam (4-membered cyclic amide) rings is 1. The second kappa shape index (κ2) is 6.84. The number of carboxylic acids is 1. The van der Waals surface area contributed by atoms with Gasteiger partial charge in [-0.2, -0.15) is 0 Å². The zero-order chi connectivity index (χ0) is 13.4. The first-order chi connectivity index (χ1) is 8.49. The van der Waals surface area contributed by atoms with Crippen molar-refractivity contribution in [1.29, 1.82) is 0 Å². The van der Waals surface area contributed by atoms with Gasteiger partial charge in [0, 0.05) is 5.75 Å². The minimum absolute atomic E-state index is 0. The molecule has 3 atom stereocenters. The van der Waals surface area contributed by atoms with E-state index in [1.165, 1.54) is 30.4 Å². The van der Waals surface area contributed by atoms with Gasteiger partial charge in [-0.25, -0.2) is 0 Å². The Bertz CT molecular complexity index is 428. The largest absolute Gasteiger partial charge is 1.00 e. The number of thioether (sulfide) groups is 2. The molecule has 2 heterocycles. The van der Waals surface area contributed by atoms with E-state index in [4.69, 9.17) is 5.11 Å². The van der Waals surface area contributed by atoms with E-state index >= 15 is 0 Å². The summed E-state index contributed by atoms with van der Waals surface area (Å²) in [5.41, 5.74) is -0.134. The standard InChI is InChI=1S/C10H13NO5S2.Na/c1-4(13)5-7(14)11-6(9(15)16)10(17-3-2-12)18-8(5)11;/h4-5,8,12-13H,2-3H2,1H3,(H,15,16);/q;+1/p-1/t4?,5-,8+;/m0./s1. The number of hydrogen-bond donors (Lipinski definition) is 2. The maximum absolute atomic E-state index is 11.8. The normalized spacial score (nSPS) is 26.7. The van der Waals surface area contributed by atoms with Crippen molar-refractivity contribution in [2.75, 3.05) is 12.4 Å². The predicted octanol–water partition coefficient (Wildman–Crippen LogP) is -4.45. The van der Waals surface area contributed by atoms with Crippen molar-refractivity contribution < 1.29 is 54.5 Å². The summed E-state index contributed by atoms with van der Waals surface area (Å²) in [6.07, 6.45) is -0.809. The molecule has 1 amide bonds. The Morgan fingerprint density at radius 1 is 1.63 bits per heavy atom. The van der Waals surface area contributed by atoms with Crippen LogP contribution < -0.4 is 34.7 Å². The van der Waals surface area contributed by atoms with Crippen LogP contribution >= 0.6 is 23.5 Å². The summed E-state index contributed by atoms with van der Waals surface area (Å²) < 4.78 is 0.463. The number of nitrogens with zero attached hydrogens (tertiary/aromatic N) is 1. The fourth-order valence-electron chi connectivity index (χ4n) is 1.98. The molecule has 0 aromatic rings. The molecular weight excluding hydrogens is 301 g/mol. The number of carbonyl (C=O) groups is 2. The number of amides is 1. The molecule has 0 aliphatic carbocycles. The van der Waals surface area contributed by atoms with Gasteiger partial charge in [0.1, 0.15) is 5.37 Å². The van der Waals surface area contributed by atoms with Gasteiger partial charge in [-0.05, 0) is 6.92 Å². The predicted molar refractivity (Wildman–Crippen MR) is 65.0 cm³/mol. The molecule has 0 bridgehead atoms. The minimum atomic E-state index is -1.40. The molecule has 0 saturated carbocycles. The average Bonchev–Trinajstić information content (AvgIpc) is 2.60. The molecule has 2 aliphatic heterocycles. The molecule has 0 radical (unpaired) electrons. The fourth-order valence-corrected chi connectivity index (χ4v) is 4.71. The van der Waals surface area contributed by atoms with Crippen LogP contribution in [0.15, 0.2) is 9.93 Å². The van der Waals surface area contributed by atoms with Gasteiger partial charge in [0.05, 0.1) is 34.5 Å². The summed E-state index contributed by atoms with van der Waals surface area (Å²) in [5, 5.41) is 28.9. The van der Waals surface area contributed by atoms with Gasteiger partial charge in [-0.15, -0.1) is 11.8 Å². The van der Waals surface area contributed by atoms with E-state index < -0.39 is 18.0 Å². The van der Waals surface area contributed by atoms with E-state index in [9.17, 15) is 19.8 Å². The van der Waals surface area contributed by atoms with Gasteiger partial charge in [-0.1, -0.05) is 11.8 Å². The number of hydrogen-bond acceptors (Lipinski definition) is 7. The van der Waals surface area contributed by atoms with Crippen molar-refractivity contribution in [3.8, 4) is 0 Å². The Hall–Kier alpha value is 0.300. The molecule has 0 aromatic carbocycles. The van der Waals surface area contributed by atoms with Gasteiger partial charge in [0.15, 0.2) is 0 Å². The minimum Gasteiger partial charge on any atom is -0.543 e. The van der Waals surface area contributed by atoms with Crippen LogP contribution in [0.3, 0.4) is 0 Å². The number of carboxylic acid groups (broad SMARTS) is 1. The molecule has 1 fully saturated rings. The summed E-state index contributed by atoms with van der Waals surface area (Å²) in [6, 6.07) is 0. The third-order valence-electron chi connectivity index (χ3n) is 2.78. The molecule has 2 N–H and O–H groups in total. The van der Waals surface area contributed by atoms with Crippen LogP contribution in [-0.2, 0) is 9.59 Å². The quantitative estimate of drug-likeness (QED) is 0.390. The van der Waals surface area contributed by atoms with Gasteiger partial charge in [0.2, 0.25) is 5.91 Å². The Labute approximate surface area is 140 Å². The summed E-state index contributed by atoms with van der Waals surface area (Å²) in [4.78, 5) is 24.0. The summed E-state index contributed by atoms with van der Waals surface area (Å²) in [7, 11) is 0. The number of carbonyl (C=O) groups excluding carboxylic acids is 2. The van der Waals surface area contributed by atoms with Gasteiger partial charge in [0.25, 0.3) is 0 Å². The van der Waals surface area contributed by atoms with Crippen molar-refractivity contribution in [3.05, 3.63) is 9.93 Å². The summed E-state index contributed by atoms with van der Waals surface area (Å²) in [6.45, 7) is 1.44. The summed E-state index contributed by atoms with van der Waals surface area (Å²) in [5.74, 6) is -2.01. The van der Waals surface area contributed by atoms with Crippen molar-refractivity contribution in [2.24, 2.45) is 5.92 Å². The Balaban J connectivity index is 0.00000180. The number of aliphatic carboxylic acids is 1. The summed E-state index contributed by atoms with van der Waals surface area (Å²) >= 11 is 2.41. The monoisotopic (exact) mass is 313 g/mol. The molecule has 1 unspecified atom stereocenters. The fraction of sp³-hybridized carbons (Fsp3) is 0.600. The van der Waals surface area contributed by atoms with E-state index in [-0.39, 0.29) is 53.1 Å². The zero-order valence-corrected chi connectivity index (χ0v) is 14.2. The average molecular weight is 313 g/mol. The molecule has 100 valence electrons. The molecule has 2 rings (SSSR count). The Kier molecular flexibility index (Phi) is 6.25. The van der Waals surface area contributed by atoms with Gasteiger partial charge >= 0.3 is 29.6 Å². The second-order valence-electron chi connectivity index (χ2n) is 3.98. The third kappa shape index (κ3) is 2.99. The first kappa shape index (κ1) is 17.4. The van der Waals surface area contributed by atoms with Crippen LogP contribution in [0.4, 0.5) is 0 Å². The van der Waals surface area contributed by atoms with E-state index in [1.807, 2.05) is 0 Å². The first-order valence-electron chi connectivity index (χ1n) is 5.36. The smallest absolute Gasteiger partial charge is 0.543 e. The van der Waals surface area contributed by atoms with E-state index in [2.05, 4.69) is 0 Å². The van der Waals surface area contributed by atoms with Crippen molar-refractivity contribution >= 4 is 35.4 Å². The molecule has 1 saturated heterocycles. The van der Waals surface area contributed by atoms with E-state index in [0.717, 1.165) is 4.90 Å². The van der Waals surface area contributed by atoms with Crippen LogP contribution in [0.25, 0.3) is 0 Å². The zero-order valence-electron chi connectivity index (χ0n) is 10.5. The van der Waals surface area contributed by atoms with E-state index in [0.29, 0.717) is 9.99 Å². The van der Waals surface area contributed by atoms with E-state index in [1.54, 1.807) is 0 Å². The molecule has 2 aliphatic rings. The van der Waals surface area contributed by atoms with Crippen LogP contribution in [0.2, 0.25) is 0 Å². The molecule has 19 heavy (non-hydrogen) atoms. The number of rotatable bonds is 5. The van der Waals surface area contributed by atoms with Crippen LogP contribution in [0.1, 0.15) is 6.92 Å². The number of aliphatic hydroxyl groups excluding tert-OH is 2. The molecule has 9 heteroatoms. The van der Waals surface area contributed by atoms with Crippen LogP contribution in [0.5, 0.6) is 0 Å². The van der Waals surface area contributed by atoms with Gasteiger partial charge in [-0.3, -0.25) is 9.69 Å². The Morgan fingerprint density at radius 3 is 2.74 bits per heavy atom. The van der Waals surface area contributed by atoms with Gasteiger partial charge < -0.3 is 20.1 Å². The molecule has 0 spiro atoms. The first-order valence-corrected chi connectivity index (χ1v) is 7.22. The van der Waals surface area contributed by atoms with Crippen molar-refractivity contribution in [1.82, 2.24) is 4.90 Å². The maximum atomic E-state index is 11.8. The molecule has 0 aromatic heterocycles. The third-order valence-corrected chi connectivity index (χ3v) is 5.42. The number of aliphatic hydroxyl groups is 2. The van der Waals surface area contributed by atoms with Crippen LogP contribution in [-0.4, -0.2) is 50.8 Å². The van der Waals surface area contributed by atoms with Crippen molar-refractivity contribution in [2.45, 2.75) is 18.4 Å². The topological polar surface area (TPSA) is 101 Å². The second-order valence-corrected chi connectivity index (χ2v) is 6.47. The SMILES string of the molecule is CC(O)[C@H]1C(=O)N2C(C(=O)[O-])=C(SCCO)S[C@H]12.[Na+]. The molecule has 6 nitrogen and oxygen atoms in total. The number of fused-ring (bicyclic) bond motifs is 1.